The highest BCUT2D eigenvalue weighted by Crippen LogP contribution is 2.27. The van der Waals surface area contributed by atoms with E-state index in [9.17, 15) is 5.11 Å². The third-order valence-electron chi connectivity index (χ3n) is 4.40. The standard InChI is InChI=1S/C17H27NO/c1-11-7-12(2)17(13(3)8-11)14(4)18-10-15-5-6-16(19)9-15/h7-8,14-16,18-19H,5-6,9-10H2,1-4H3. The third-order valence-corrected chi connectivity index (χ3v) is 4.40. The molecule has 0 aromatic heterocycles. The lowest BCUT2D eigenvalue weighted by Gasteiger charge is -2.21. The van der Waals surface area contributed by atoms with E-state index in [1.54, 1.807) is 0 Å². The molecule has 1 aliphatic carbocycles. The molecule has 3 unspecified atom stereocenters. The van der Waals surface area contributed by atoms with Crippen LogP contribution in [0.1, 0.15) is 54.5 Å². The highest BCUT2D eigenvalue weighted by Gasteiger charge is 2.23. The number of aliphatic hydroxyl groups is 1. The van der Waals surface area contributed by atoms with Gasteiger partial charge in [-0.3, -0.25) is 0 Å². The summed E-state index contributed by atoms with van der Waals surface area (Å²) in [6.07, 6.45) is 3.03. The van der Waals surface area contributed by atoms with Gasteiger partial charge in [-0.15, -0.1) is 0 Å². The predicted molar refractivity (Wildman–Crippen MR) is 80.4 cm³/mol. The van der Waals surface area contributed by atoms with Crippen molar-refractivity contribution in [2.75, 3.05) is 6.54 Å². The first-order valence-corrected chi connectivity index (χ1v) is 7.46. The minimum Gasteiger partial charge on any atom is -0.393 e. The summed E-state index contributed by atoms with van der Waals surface area (Å²) < 4.78 is 0. The molecule has 0 bridgehead atoms. The fourth-order valence-electron chi connectivity index (χ4n) is 3.55. The SMILES string of the molecule is Cc1cc(C)c(C(C)NCC2CCC(O)C2)c(C)c1. The normalized spacial score (nSPS) is 24.7. The van der Waals surface area contributed by atoms with Gasteiger partial charge in [-0.1, -0.05) is 17.7 Å². The average molecular weight is 261 g/mol. The third kappa shape index (κ3) is 3.58. The molecule has 2 N–H and O–H groups in total. The number of hydrogen-bond acceptors (Lipinski definition) is 2. The molecule has 1 aromatic carbocycles. The predicted octanol–water partition coefficient (Wildman–Crippen LogP) is 3.42. The zero-order valence-corrected chi connectivity index (χ0v) is 12.7. The van der Waals surface area contributed by atoms with Gasteiger partial charge in [0.2, 0.25) is 0 Å². The van der Waals surface area contributed by atoms with Gasteiger partial charge in [0.05, 0.1) is 6.10 Å². The van der Waals surface area contributed by atoms with Crippen molar-refractivity contribution < 1.29 is 5.11 Å². The quantitative estimate of drug-likeness (QED) is 0.870. The Morgan fingerprint density at radius 1 is 1.21 bits per heavy atom. The Labute approximate surface area is 117 Å². The van der Waals surface area contributed by atoms with Gasteiger partial charge in [0, 0.05) is 6.04 Å². The second kappa shape index (κ2) is 6.06. The van der Waals surface area contributed by atoms with Crippen LogP contribution in [0, 0.1) is 26.7 Å². The van der Waals surface area contributed by atoms with Gasteiger partial charge in [0.25, 0.3) is 0 Å². The lowest BCUT2D eigenvalue weighted by molar-refractivity contribution is 0.177. The van der Waals surface area contributed by atoms with E-state index in [2.05, 4.69) is 45.1 Å². The molecule has 19 heavy (non-hydrogen) atoms. The summed E-state index contributed by atoms with van der Waals surface area (Å²) >= 11 is 0. The minimum atomic E-state index is -0.0649. The maximum atomic E-state index is 9.57. The molecule has 1 aliphatic rings. The summed E-state index contributed by atoms with van der Waals surface area (Å²) in [5, 5.41) is 13.2. The number of rotatable bonds is 4. The zero-order valence-electron chi connectivity index (χ0n) is 12.7. The Kier molecular flexibility index (Phi) is 4.64. The smallest absolute Gasteiger partial charge is 0.0543 e. The van der Waals surface area contributed by atoms with E-state index in [1.807, 2.05) is 0 Å². The molecule has 2 nitrogen and oxygen atoms in total. The molecule has 0 spiro atoms. The van der Waals surface area contributed by atoms with Crippen LogP contribution in [-0.4, -0.2) is 17.8 Å². The van der Waals surface area contributed by atoms with Crippen LogP contribution in [0.5, 0.6) is 0 Å². The highest BCUT2D eigenvalue weighted by molar-refractivity contribution is 5.39. The van der Waals surface area contributed by atoms with E-state index in [-0.39, 0.29) is 6.10 Å². The van der Waals surface area contributed by atoms with Crippen LogP contribution in [0.25, 0.3) is 0 Å². The molecule has 1 saturated carbocycles. The summed E-state index contributed by atoms with van der Waals surface area (Å²) in [4.78, 5) is 0. The van der Waals surface area contributed by atoms with Gasteiger partial charge in [-0.25, -0.2) is 0 Å². The minimum absolute atomic E-state index is 0.0649. The van der Waals surface area contributed by atoms with Crippen molar-refractivity contribution in [2.24, 2.45) is 5.92 Å². The molecule has 0 aliphatic heterocycles. The number of aryl methyl sites for hydroxylation is 3. The van der Waals surface area contributed by atoms with Crippen LogP contribution in [0.15, 0.2) is 12.1 Å². The monoisotopic (exact) mass is 261 g/mol. The van der Waals surface area contributed by atoms with Crippen LogP contribution in [-0.2, 0) is 0 Å². The van der Waals surface area contributed by atoms with Crippen LogP contribution in [0.4, 0.5) is 0 Å². The van der Waals surface area contributed by atoms with E-state index in [0.717, 1.165) is 25.8 Å². The van der Waals surface area contributed by atoms with Crippen molar-refractivity contribution >= 4 is 0 Å². The summed E-state index contributed by atoms with van der Waals surface area (Å²) in [7, 11) is 0. The molecule has 3 atom stereocenters. The van der Waals surface area contributed by atoms with Gasteiger partial charge >= 0.3 is 0 Å². The Hall–Kier alpha value is -0.860. The lowest BCUT2D eigenvalue weighted by Crippen LogP contribution is -2.26. The van der Waals surface area contributed by atoms with Gasteiger partial charge in [-0.2, -0.15) is 0 Å². The zero-order chi connectivity index (χ0) is 14.0. The topological polar surface area (TPSA) is 32.3 Å². The van der Waals surface area contributed by atoms with Crippen LogP contribution < -0.4 is 5.32 Å². The second-order valence-corrected chi connectivity index (χ2v) is 6.28. The van der Waals surface area contributed by atoms with E-state index >= 15 is 0 Å². The molecule has 0 amide bonds. The second-order valence-electron chi connectivity index (χ2n) is 6.28. The van der Waals surface area contributed by atoms with Crippen molar-refractivity contribution in [3.63, 3.8) is 0 Å². The van der Waals surface area contributed by atoms with E-state index < -0.39 is 0 Å². The molecular formula is C17H27NO. The molecule has 106 valence electrons. The molecular weight excluding hydrogens is 234 g/mol. The van der Waals surface area contributed by atoms with Gasteiger partial charge in [0.1, 0.15) is 0 Å². The van der Waals surface area contributed by atoms with Crippen molar-refractivity contribution in [3.8, 4) is 0 Å². The first-order valence-electron chi connectivity index (χ1n) is 7.46. The first kappa shape index (κ1) is 14.5. The van der Waals surface area contributed by atoms with Crippen molar-refractivity contribution in [3.05, 3.63) is 34.4 Å². The summed E-state index contributed by atoms with van der Waals surface area (Å²) in [5.74, 6) is 0.642. The fourth-order valence-corrected chi connectivity index (χ4v) is 3.55. The van der Waals surface area contributed by atoms with Gasteiger partial charge < -0.3 is 10.4 Å². The van der Waals surface area contributed by atoms with Crippen molar-refractivity contribution in [1.82, 2.24) is 5.32 Å². The maximum absolute atomic E-state index is 9.57. The van der Waals surface area contributed by atoms with E-state index in [0.29, 0.717) is 12.0 Å². The lowest BCUT2D eigenvalue weighted by atomic mass is 9.94. The average Bonchev–Trinajstić information content (AvgIpc) is 2.71. The Balaban J connectivity index is 1.98. The van der Waals surface area contributed by atoms with Crippen molar-refractivity contribution in [2.45, 2.75) is 59.1 Å². The highest BCUT2D eigenvalue weighted by atomic mass is 16.3. The van der Waals surface area contributed by atoms with Crippen LogP contribution in [0.2, 0.25) is 0 Å². The number of nitrogens with one attached hydrogen (secondary N) is 1. The van der Waals surface area contributed by atoms with Crippen LogP contribution >= 0.6 is 0 Å². The Morgan fingerprint density at radius 3 is 2.37 bits per heavy atom. The number of benzene rings is 1. The van der Waals surface area contributed by atoms with Gasteiger partial charge in [0.15, 0.2) is 0 Å². The van der Waals surface area contributed by atoms with Crippen molar-refractivity contribution in [1.29, 1.82) is 0 Å². The molecule has 1 fully saturated rings. The summed E-state index contributed by atoms with van der Waals surface area (Å²) in [5.41, 5.74) is 5.53. The number of hydrogen-bond donors (Lipinski definition) is 2. The summed E-state index contributed by atoms with van der Waals surface area (Å²) in [6.45, 7) is 9.82. The Morgan fingerprint density at radius 2 is 1.84 bits per heavy atom. The Bertz CT molecular complexity index is 418. The molecule has 2 heteroatoms. The first-order chi connectivity index (χ1) is 8.97. The van der Waals surface area contributed by atoms with E-state index in [4.69, 9.17) is 0 Å². The fraction of sp³-hybridized carbons (Fsp3) is 0.647. The molecule has 1 aromatic rings. The number of aliphatic hydroxyl groups excluding tert-OH is 1. The largest absolute Gasteiger partial charge is 0.393 e. The summed E-state index contributed by atoms with van der Waals surface area (Å²) in [6, 6.07) is 4.91. The molecule has 0 saturated heterocycles. The van der Waals surface area contributed by atoms with Crippen LogP contribution in [0.3, 0.4) is 0 Å². The van der Waals surface area contributed by atoms with Gasteiger partial charge in [-0.05, 0) is 76.1 Å². The molecule has 0 radical (unpaired) electrons. The van der Waals surface area contributed by atoms with E-state index in [1.165, 1.54) is 22.3 Å². The molecule has 0 heterocycles. The maximum Gasteiger partial charge on any atom is 0.0543 e. The molecule has 2 rings (SSSR count).